The summed E-state index contributed by atoms with van der Waals surface area (Å²) in [5.41, 5.74) is 7.00. The van der Waals surface area contributed by atoms with Gasteiger partial charge in [-0.15, -0.1) is 22.7 Å². The van der Waals surface area contributed by atoms with Crippen LogP contribution in [0.25, 0.3) is 31.2 Å². The lowest BCUT2D eigenvalue weighted by Gasteiger charge is -2.39. The molecule has 2 aliphatic heterocycles. The Morgan fingerprint density at radius 3 is 2.00 bits per heavy atom. The quantitative estimate of drug-likeness (QED) is 0.110. The van der Waals surface area contributed by atoms with Crippen molar-refractivity contribution in [1.82, 2.24) is 8.75 Å². The van der Waals surface area contributed by atoms with E-state index in [0.717, 1.165) is 64.0 Å². The fourth-order valence-corrected chi connectivity index (χ4v) is 10.8. The Hall–Kier alpha value is -1.94. The number of hydrogen-bond acceptors (Lipinski definition) is 8. The number of ether oxygens (including phenoxy) is 1. The van der Waals surface area contributed by atoms with E-state index in [9.17, 15) is 0 Å². The van der Waals surface area contributed by atoms with Crippen molar-refractivity contribution in [3.05, 3.63) is 28.1 Å². The van der Waals surface area contributed by atoms with Crippen LogP contribution in [-0.4, -0.2) is 8.75 Å². The zero-order valence-corrected chi connectivity index (χ0v) is 32.1. The van der Waals surface area contributed by atoms with Crippen LogP contribution in [0.4, 0.5) is 11.4 Å². The highest BCUT2D eigenvalue weighted by molar-refractivity contribution is 7.58. The molecule has 3 aromatic heterocycles. The third-order valence-corrected chi connectivity index (χ3v) is 13.4. The molecular weight excluding hydrogens is 645 g/mol. The molecular formula is C37H50N4OS4. The average molecular weight is 695 g/mol. The summed E-state index contributed by atoms with van der Waals surface area (Å²) < 4.78 is 26.4. The normalized spacial score (nSPS) is 18.1. The van der Waals surface area contributed by atoms with Crippen molar-refractivity contribution in [2.45, 2.75) is 125 Å². The summed E-state index contributed by atoms with van der Waals surface area (Å²) in [4.78, 5) is 5.17. The van der Waals surface area contributed by atoms with E-state index in [1.807, 2.05) is 22.7 Å². The Labute approximate surface area is 291 Å². The molecule has 4 aromatic rings. The number of nitrogens with zero attached hydrogens (tertiary/aromatic N) is 4. The Morgan fingerprint density at radius 1 is 0.717 bits per heavy atom. The summed E-state index contributed by atoms with van der Waals surface area (Å²) in [7, 11) is 0. The smallest absolute Gasteiger partial charge is 0.140 e. The Bertz CT molecular complexity index is 1730. The van der Waals surface area contributed by atoms with Gasteiger partial charge in [-0.1, -0.05) is 80.1 Å². The van der Waals surface area contributed by atoms with Crippen LogP contribution in [0.5, 0.6) is 5.75 Å². The molecule has 0 N–H and O–H groups in total. The first-order valence-corrected chi connectivity index (χ1v) is 20.5. The molecule has 1 aromatic carbocycles. The van der Waals surface area contributed by atoms with Gasteiger partial charge in [0.15, 0.2) is 0 Å². The Balaban J connectivity index is 1.41. The van der Waals surface area contributed by atoms with Gasteiger partial charge in [0.25, 0.3) is 0 Å². The van der Waals surface area contributed by atoms with E-state index in [1.54, 1.807) is 0 Å². The summed E-state index contributed by atoms with van der Waals surface area (Å²) in [6.45, 7) is 18.6. The third kappa shape index (κ3) is 6.94. The van der Waals surface area contributed by atoms with Crippen molar-refractivity contribution in [1.29, 1.82) is 0 Å². The summed E-state index contributed by atoms with van der Waals surface area (Å²) in [6.07, 6.45) is 12.3. The van der Waals surface area contributed by atoms with E-state index in [2.05, 4.69) is 67.5 Å². The van der Waals surface area contributed by atoms with Crippen molar-refractivity contribution in [3.8, 4) is 25.9 Å². The molecule has 9 heteroatoms. The molecule has 2 atom stereocenters. The summed E-state index contributed by atoms with van der Waals surface area (Å²) in [5, 5.41) is 0. The van der Waals surface area contributed by atoms with Crippen LogP contribution in [0, 0.1) is 37.5 Å². The maximum Gasteiger partial charge on any atom is 0.140 e. The van der Waals surface area contributed by atoms with Crippen LogP contribution in [-0.2, 0) is 17.0 Å². The van der Waals surface area contributed by atoms with Crippen LogP contribution in [0.1, 0.15) is 122 Å². The van der Waals surface area contributed by atoms with Crippen molar-refractivity contribution >= 4 is 68.2 Å². The third-order valence-electron chi connectivity index (χ3n) is 10.0. The fourth-order valence-electron chi connectivity index (χ4n) is 7.16. The second-order valence-corrected chi connectivity index (χ2v) is 18.2. The van der Waals surface area contributed by atoms with Gasteiger partial charge in [-0.05, 0) is 75.3 Å². The van der Waals surface area contributed by atoms with Gasteiger partial charge in [-0.25, -0.2) is 0 Å². The molecule has 5 nitrogen and oxygen atoms in total. The number of aryl methyl sites for hydroxylation is 2. The van der Waals surface area contributed by atoms with Crippen molar-refractivity contribution in [2.75, 3.05) is 0 Å². The molecule has 0 spiro atoms. The maximum absolute atomic E-state index is 7.33. The lowest BCUT2D eigenvalue weighted by molar-refractivity contribution is 0.0323. The first-order chi connectivity index (χ1) is 22.1. The predicted molar refractivity (Wildman–Crippen MR) is 202 cm³/mol. The molecule has 0 radical (unpaired) electrons. The van der Waals surface area contributed by atoms with E-state index >= 15 is 0 Å². The van der Waals surface area contributed by atoms with Crippen molar-refractivity contribution in [2.24, 2.45) is 32.4 Å². The zero-order chi connectivity index (χ0) is 32.6. The minimum absolute atomic E-state index is 0.340. The second-order valence-electron chi connectivity index (χ2n) is 14.9. The first kappa shape index (κ1) is 33.9. The first-order valence-electron chi connectivity index (χ1n) is 17.4. The molecule has 0 aliphatic carbocycles. The highest BCUT2D eigenvalue weighted by Gasteiger charge is 2.44. The molecule has 5 heterocycles. The van der Waals surface area contributed by atoms with Gasteiger partial charge >= 0.3 is 0 Å². The van der Waals surface area contributed by atoms with Crippen molar-refractivity contribution in [3.63, 3.8) is 0 Å². The average Bonchev–Trinajstić information content (AvgIpc) is 3.81. The number of thiophene rings is 2. The monoisotopic (exact) mass is 694 g/mol. The van der Waals surface area contributed by atoms with Gasteiger partial charge in [-0.2, -0.15) is 17.5 Å². The van der Waals surface area contributed by atoms with Gasteiger partial charge in [0.05, 0.1) is 32.8 Å². The molecule has 0 saturated heterocycles. The zero-order valence-electron chi connectivity index (χ0n) is 28.9. The standard InChI is InChI=1S/C37H50N4OS4/c1-21(2)11-9-13-23(5)15-17-37(18-16-24(6)14-10-12-22(3)4)27-20-29(44-35(27)36-28(42-37)19-25(7)43-36)30-33-31(38-45-40-33)26(8)32-34(30)41-46-39-32/h19-24H,9-18H2,1-8H3. The molecule has 248 valence electrons. The van der Waals surface area contributed by atoms with Crippen LogP contribution >= 0.6 is 34.4 Å². The van der Waals surface area contributed by atoms with Gasteiger partial charge in [-0.3, -0.25) is 0 Å². The van der Waals surface area contributed by atoms with Crippen LogP contribution in [0.15, 0.2) is 20.9 Å². The van der Waals surface area contributed by atoms with E-state index < -0.39 is 0 Å². The highest BCUT2D eigenvalue weighted by atomic mass is 32.1. The predicted octanol–water partition coefficient (Wildman–Crippen LogP) is 13.6. The minimum atomic E-state index is -0.340. The lowest BCUT2D eigenvalue weighted by atomic mass is 9.78. The SMILES string of the molecule is Cc1cc2c(s1)-c1sc(-c3c4c(c(C)c5nsnc35)N=S=N4)cc1C(CCC(C)CCCC(C)C)(CCC(C)CCCC(C)C)O2. The number of rotatable bonds is 15. The number of benzene rings is 1. The van der Waals surface area contributed by atoms with Crippen LogP contribution in [0.2, 0.25) is 0 Å². The Morgan fingerprint density at radius 2 is 1.35 bits per heavy atom. The largest absolute Gasteiger partial charge is 0.481 e. The van der Waals surface area contributed by atoms with E-state index in [1.165, 1.54) is 99.5 Å². The van der Waals surface area contributed by atoms with Gasteiger partial charge < -0.3 is 4.74 Å². The molecule has 6 rings (SSSR count). The summed E-state index contributed by atoms with van der Waals surface area (Å²) in [5.74, 6) is 3.96. The number of hydrogen-bond donors (Lipinski definition) is 0. The van der Waals surface area contributed by atoms with Gasteiger partial charge in [0.1, 0.15) is 33.8 Å². The number of aromatic nitrogens is 2. The highest BCUT2D eigenvalue weighted by Crippen LogP contribution is 2.59. The minimum Gasteiger partial charge on any atom is -0.481 e. The van der Waals surface area contributed by atoms with Gasteiger partial charge in [0, 0.05) is 26.4 Å². The van der Waals surface area contributed by atoms with Gasteiger partial charge in [0.2, 0.25) is 0 Å². The lowest BCUT2D eigenvalue weighted by Crippen LogP contribution is -2.36. The fraction of sp³-hybridized carbons (Fsp3) is 0.622. The molecule has 0 fully saturated rings. The molecule has 0 saturated carbocycles. The summed E-state index contributed by atoms with van der Waals surface area (Å²) >= 11 is 6.33. The second kappa shape index (κ2) is 14.3. The van der Waals surface area contributed by atoms with E-state index in [-0.39, 0.29) is 5.60 Å². The summed E-state index contributed by atoms with van der Waals surface area (Å²) in [6, 6.07) is 4.74. The molecule has 2 aliphatic rings. The van der Waals surface area contributed by atoms with Crippen molar-refractivity contribution < 1.29 is 4.74 Å². The molecule has 0 amide bonds. The van der Waals surface area contributed by atoms with E-state index in [0.29, 0.717) is 11.8 Å². The maximum atomic E-state index is 7.33. The number of fused-ring (bicyclic) bond motifs is 5. The molecule has 46 heavy (non-hydrogen) atoms. The van der Waals surface area contributed by atoms with E-state index in [4.69, 9.17) is 22.2 Å². The Kier molecular flexibility index (Phi) is 10.5. The molecule has 2 unspecified atom stereocenters. The van der Waals surface area contributed by atoms with Crippen LogP contribution in [0.3, 0.4) is 0 Å². The molecule has 0 bridgehead atoms. The van der Waals surface area contributed by atoms with Crippen LogP contribution < -0.4 is 4.74 Å². The topological polar surface area (TPSA) is 59.7 Å².